The third kappa shape index (κ3) is 5.59. The van der Waals surface area contributed by atoms with Gasteiger partial charge in [-0.1, -0.05) is 55.8 Å². The van der Waals surface area contributed by atoms with E-state index < -0.39 is 0 Å². The molecule has 0 unspecified atom stereocenters. The molecule has 0 saturated heterocycles. The number of carbonyl (C=O) groups is 1. The maximum Gasteiger partial charge on any atom is 0.262 e. The highest BCUT2D eigenvalue weighted by Gasteiger charge is 2.17. The fourth-order valence-electron chi connectivity index (χ4n) is 3.82. The van der Waals surface area contributed by atoms with Crippen LogP contribution in [0.2, 0.25) is 0 Å². The van der Waals surface area contributed by atoms with E-state index in [2.05, 4.69) is 22.4 Å². The standard InChI is InChI=1S/C25H29N5O4S/c1-3-4-9-15-29-23(32)18-10-5-6-11-19(18)30-24(29)27-28-25(30)35-17-22(31)26-14-16-34-21-13-8-7-12-20(21)33-2/h5-8,10-13H,3-4,9,14-17H2,1-2H3,(H,26,31). The molecule has 1 amide bonds. The van der Waals surface area contributed by atoms with E-state index in [0.717, 1.165) is 24.8 Å². The molecule has 9 nitrogen and oxygen atoms in total. The highest BCUT2D eigenvalue weighted by Crippen LogP contribution is 2.25. The predicted molar refractivity (Wildman–Crippen MR) is 137 cm³/mol. The number of carbonyl (C=O) groups excluding carboxylic acids is 1. The molecule has 0 atom stereocenters. The molecule has 10 heteroatoms. The maximum atomic E-state index is 13.1. The van der Waals surface area contributed by atoms with Crippen molar-refractivity contribution in [2.24, 2.45) is 0 Å². The van der Waals surface area contributed by atoms with E-state index >= 15 is 0 Å². The quantitative estimate of drug-likeness (QED) is 0.237. The van der Waals surface area contributed by atoms with Gasteiger partial charge in [0, 0.05) is 6.54 Å². The summed E-state index contributed by atoms with van der Waals surface area (Å²) in [7, 11) is 1.59. The number of fused-ring (bicyclic) bond motifs is 3. The molecule has 35 heavy (non-hydrogen) atoms. The number of ether oxygens (including phenoxy) is 2. The van der Waals surface area contributed by atoms with Crippen molar-refractivity contribution in [3.05, 3.63) is 58.9 Å². The fraction of sp³-hybridized carbons (Fsp3) is 0.360. The number of thioether (sulfide) groups is 1. The Morgan fingerprint density at radius 3 is 2.63 bits per heavy atom. The van der Waals surface area contributed by atoms with Crippen molar-refractivity contribution in [1.29, 1.82) is 0 Å². The summed E-state index contributed by atoms with van der Waals surface area (Å²) in [5.41, 5.74) is 0.665. The first-order valence-corrected chi connectivity index (χ1v) is 12.6. The number of rotatable bonds is 12. The Morgan fingerprint density at radius 1 is 1.06 bits per heavy atom. The Balaban J connectivity index is 1.43. The van der Waals surface area contributed by atoms with Crippen LogP contribution in [-0.4, -0.2) is 51.1 Å². The molecule has 0 aliphatic carbocycles. The molecule has 0 aliphatic rings. The van der Waals surface area contributed by atoms with Crippen LogP contribution in [0.5, 0.6) is 11.5 Å². The zero-order valence-corrected chi connectivity index (χ0v) is 20.7. The highest BCUT2D eigenvalue weighted by molar-refractivity contribution is 7.99. The van der Waals surface area contributed by atoms with E-state index in [0.29, 0.717) is 47.5 Å². The molecule has 0 saturated carbocycles. The number of aromatic nitrogens is 4. The van der Waals surface area contributed by atoms with Gasteiger partial charge in [-0.3, -0.25) is 18.6 Å². The summed E-state index contributed by atoms with van der Waals surface area (Å²) in [6.07, 6.45) is 2.98. The van der Waals surface area contributed by atoms with Crippen molar-refractivity contribution in [1.82, 2.24) is 24.5 Å². The third-order valence-electron chi connectivity index (χ3n) is 5.55. The van der Waals surface area contributed by atoms with E-state index in [1.807, 2.05) is 52.9 Å². The third-order valence-corrected chi connectivity index (χ3v) is 6.48. The van der Waals surface area contributed by atoms with Crippen molar-refractivity contribution in [3.63, 3.8) is 0 Å². The number of methoxy groups -OCH3 is 1. The van der Waals surface area contributed by atoms with Crippen molar-refractivity contribution in [2.75, 3.05) is 26.0 Å². The highest BCUT2D eigenvalue weighted by atomic mass is 32.2. The van der Waals surface area contributed by atoms with Crippen LogP contribution in [0, 0.1) is 0 Å². The molecule has 4 rings (SSSR count). The Hall–Kier alpha value is -3.53. The minimum Gasteiger partial charge on any atom is -0.493 e. The number of hydrogen-bond acceptors (Lipinski definition) is 7. The Labute approximate surface area is 207 Å². The van der Waals surface area contributed by atoms with Crippen LogP contribution in [0.15, 0.2) is 58.5 Å². The van der Waals surface area contributed by atoms with Gasteiger partial charge in [0.2, 0.25) is 11.7 Å². The molecule has 2 aromatic heterocycles. The zero-order chi connectivity index (χ0) is 24.6. The Morgan fingerprint density at radius 2 is 1.83 bits per heavy atom. The second-order valence-corrected chi connectivity index (χ2v) is 8.88. The number of nitrogens with one attached hydrogen (secondary N) is 1. The molecular formula is C25H29N5O4S. The van der Waals surface area contributed by atoms with Gasteiger partial charge in [0.25, 0.3) is 5.56 Å². The fourth-order valence-corrected chi connectivity index (χ4v) is 4.59. The number of unbranched alkanes of at least 4 members (excludes halogenated alkanes) is 2. The molecule has 0 bridgehead atoms. The molecule has 4 aromatic rings. The van der Waals surface area contributed by atoms with Gasteiger partial charge in [0.05, 0.1) is 30.3 Å². The molecule has 2 aromatic carbocycles. The molecule has 2 heterocycles. The number of aryl methyl sites for hydroxylation is 1. The molecule has 0 fully saturated rings. The van der Waals surface area contributed by atoms with Crippen molar-refractivity contribution < 1.29 is 14.3 Å². The normalized spacial score (nSPS) is 11.1. The van der Waals surface area contributed by atoms with Crippen molar-refractivity contribution in [2.45, 2.75) is 37.9 Å². The largest absolute Gasteiger partial charge is 0.493 e. The summed E-state index contributed by atoms with van der Waals surface area (Å²) in [5.74, 6) is 1.80. The average Bonchev–Trinajstić information content (AvgIpc) is 3.31. The van der Waals surface area contributed by atoms with E-state index in [1.54, 1.807) is 11.7 Å². The van der Waals surface area contributed by atoms with E-state index in [1.165, 1.54) is 11.8 Å². The molecule has 1 N–H and O–H groups in total. The summed E-state index contributed by atoms with van der Waals surface area (Å²) in [6.45, 7) is 3.38. The van der Waals surface area contributed by atoms with Gasteiger partial charge in [0.15, 0.2) is 16.7 Å². The first-order chi connectivity index (χ1) is 17.1. The number of benzene rings is 2. The zero-order valence-electron chi connectivity index (χ0n) is 19.9. The van der Waals surface area contributed by atoms with Gasteiger partial charge in [-0.2, -0.15) is 0 Å². The van der Waals surface area contributed by atoms with Crippen LogP contribution in [0.1, 0.15) is 26.2 Å². The molecule has 184 valence electrons. The summed E-state index contributed by atoms with van der Waals surface area (Å²) in [5, 5.41) is 12.6. The van der Waals surface area contributed by atoms with Crippen LogP contribution < -0.4 is 20.3 Å². The van der Waals surface area contributed by atoms with E-state index in [-0.39, 0.29) is 17.2 Å². The number of amides is 1. The van der Waals surface area contributed by atoms with Crippen LogP contribution in [0.25, 0.3) is 16.7 Å². The number of hydrogen-bond donors (Lipinski definition) is 1. The monoisotopic (exact) mass is 495 g/mol. The van der Waals surface area contributed by atoms with E-state index in [9.17, 15) is 9.59 Å². The number of nitrogens with zero attached hydrogens (tertiary/aromatic N) is 4. The van der Waals surface area contributed by atoms with Gasteiger partial charge in [-0.15, -0.1) is 10.2 Å². The van der Waals surface area contributed by atoms with Gasteiger partial charge in [-0.25, -0.2) is 0 Å². The van der Waals surface area contributed by atoms with Crippen LogP contribution in [0.3, 0.4) is 0 Å². The Bertz CT molecular complexity index is 1370. The van der Waals surface area contributed by atoms with Crippen molar-refractivity contribution in [3.8, 4) is 11.5 Å². The van der Waals surface area contributed by atoms with Crippen LogP contribution in [-0.2, 0) is 11.3 Å². The lowest BCUT2D eigenvalue weighted by atomic mass is 10.2. The lowest BCUT2D eigenvalue weighted by molar-refractivity contribution is -0.118. The van der Waals surface area contributed by atoms with Crippen molar-refractivity contribution >= 4 is 34.3 Å². The molecule has 0 aliphatic heterocycles. The SMILES string of the molecule is CCCCCn1c(=O)c2ccccc2n2c(SCC(=O)NCCOc3ccccc3OC)nnc12. The van der Waals surface area contributed by atoms with Crippen LogP contribution >= 0.6 is 11.8 Å². The first kappa shape index (κ1) is 24.6. The van der Waals surface area contributed by atoms with Gasteiger partial charge in [-0.05, 0) is 30.7 Å². The summed E-state index contributed by atoms with van der Waals surface area (Å²) in [4.78, 5) is 25.5. The maximum absolute atomic E-state index is 13.1. The summed E-state index contributed by atoms with van der Waals surface area (Å²) in [6, 6.07) is 14.8. The molecule has 0 spiro atoms. The predicted octanol–water partition coefficient (Wildman–Crippen LogP) is 3.53. The lowest BCUT2D eigenvalue weighted by Crippen LogP contribution is -2.29. The average molecular weight is 496 g/mol. The first-order valence-electron chi connectivity index (χ1n) is 11.7. The van der Waals surface area contributed by atoms with Crippen LogP contribution in [0.4, 0.5) is 0 Å². The minimum atomic E-state index is -0.143. The topological polar surface area (TPSA) is 99.8 Å². The van der Waals surface area contributed by atoms with Gasteiger partial charge < -0.3 is 14.8 Å². The van der Waals surface area contributed by atoms with E-state index in [4.69, 9.17) is 9.47 Å². The summed E-state index contributed by atoms with van der Waals surface area (Å²) < 4.78 is 14.5. The second kappa shape index (κ2) is 11.7. The Kier molecular flexibility index (Phi) is 8.25. The van der Waals surface area contributed by atoms with Gasteiger partial charge in [0.1, 0.15) is 6.61 Å². The lowest BCUT2D eigenvalue weighted by Gasteiger charge is -2.11. The van der Waals surface area contributed by atoms with Gasteiger partial charge >= 0.3 is 0 Å². The minimum absolute atomic E-state index is 0.0686. The smallest absolute Gasteiger partial charge is 0.262 e. The molecule has 0 radical (unpaired) electrons. The summed E-state index contributed by atoms with van der Waals surface area (Å²) >= 11 is 1.28. The second-order valence-electron chi connectivity index (χ2n) is 7.94. The number of para-hydroxylation sites is 3. The molecular weight excluding hydrogens is 466 g/mol.